The summed E-state index contributed by atoms with van der Waals surface area (Å²) in [6.07, 6.45) is 0. The second kappa shape index (κ2) is 5.48. The third kappa shape index (κ3) is 2.06. The van der Waals surface area contributed by atoms with E-state index in [1.807, 2.05) is 18.2 Å². The van der Waals surface area contributed by atoms with Crippen LogP contribution in [0.1, 0.15) is 0 Å². The number of oxazole rings is 1. The normalized spacial score (nSPS) is 11.9. The Balaban J connectivity index is 1.69. The Bertz CT molecular complexity index is 1480. The minimum absolute atomic E-state index is 0.848. The molecular weight excluding hydrogens is 398 g/mol. The molecule has 0 aliphatic carbocycles. The topological polar surface area (TPSA) is 17.6 Å². The highest BCUT2D eigenvalue weighted by Gasteiger charge is 2.17. The zero-order valence-corrected chi connectivity index (χ0v) is 15.9. The number of halogens is 1. The first-order valence-electron chi connectivity index (χ1n) is 8.90. The summed E-state index contributed by atoms with van der Waals surface area (Å²) in [5.74, 6) is 0. The van der Waals surface area contributed by atoms with E-state index < -0.39 is 0 Å². The Labute approximate surface area is 163 Å². The molecule has 0 spiro atoms. The Hall–Kier alpha value is -3.04. The second-order valence-corrected chi connectivity index (χ2v) is 7.58. The van der Waals surface area contributed by atoms with Gasteiger partial charge in [0.1, 0.15) is 0 Å². The van der Waals surface area contributed by atoms with Crippen molar-refractivity contribution in [3.05, 3.63) is 89.4 Å². The van der Waals surface area contributed by atoms with Gasteiger partial charge in [0.05, 0.1) is 15.5 Å². The van der Waals surface area contributed by atoms with Gasteiger partial charge in [0, 0.05) is 5.39 Å². The summed E-state index contributed by atoms with van der Waals surface area (Å²) in [7, 11) is 0. The number of aromatic nitrogens is 1. The molecule has 2 aromatic heterocycles. The lowest BCUT2D eigenvalue weighted by molar-refractivity contribution is 0.655. The molecule has 0 N–H and O–H groups in total. The van der Waals surface area contributed by atoms with E-state index in [-0.39, 0.29) is 0 Å². The highest BCUT2D eigenvalue weighted by molar-refractivity contribution is 9.10. The standard InChI is InChI=1S/C24H14BrNO/c25-23-19-14-16(18-9-5-7-15-6-1-2-8-17(15)18)12-13-20(19)26-21-10-3-4-11-22(21)27-24(23)26/h1-14H. The van der Waals surface area contributed by atoms with Gasteiger partial charge in [-0.3, -0.25) is 4.40 Å². The summed E-state index contributed by atoms with van der Waals surface area (Å²) in [5.41, 5.74) is 6.42. The van der Waals surface area contributed by atoms with Gasteiger partial charge < -0.3 is 4.42 Å². The molecule has 0 bridgehead atoms. The molecule has 0 aliphatic heterocycles. The third-order valence-corrected chi connectivity index (χ3v) is 6.04. The predicted molar refractivity (Wildman–Crippen MR) is 115 cm³/mol. The van der Waals surface area contributed by atoms with E-state index >= 15 is 0 Å². The number of benzene rings is 4. The van der Waals surface area contributed by atoms with Gasteiger partial charge in [-0.15, -0.1) is 0 Å². The van der Waals surface area contributed by atoms with Crippen LogP contribution in [0.5, 0.6) is 0 Å². The van der Waals surface area contributed by atoms with Crippen LogP contribution in [0.25, 0.3) is 49.6 Å². The van der Waals surface area contributed by atoms with E-state index in [0.29, 0.717) is 0 Å². The summed E-state index contributed by atoms with van der Waals surface area (Å²) in [6.45, 7) is 0. The smallest absolute Gasteiger partial charge is 0.220 e. The molecule has 0 fully saturated rings. The van der Waals surface area contributed by atoms with E-state index in [2.05, 4.69) is 87.1 Å². The highest BCUT2D eigenvalue weighted by Crippen LogP contribution is 2.39. The van der Waals surface area contributed by atoms with Crippen molar-refractivity contribution in [1.29, 1.82) is 0 Å². The average molecular weight is 412 g/mol. The molecule has 0 saturated carbocycles. The van der Waals surface area contributed by atoms with Crippen molar-refractivity contribution < 1.29 is 4.42 Å². The van der Waals surface area contributed by atoms with Crippen LogP contribution in [0.15, 0.2) is 93.8 Å². The molecular formula is C24H14BrNO. The van der Waals surface area contributed by atoms with E-state index in [1.165, 1.54) is 21.9 Å². The van der Waals surface area contributed by atoms with Crippen LogP contribution in [0.4, 0.5) is 0 Å². The molecule has 27 heavy (non-hydrogen) atoms. The molecule has 0 radical (unpaired) electrons. The molecule has 0 atom stereocenters. The van der Waals surface area contributed by atoms with Crippen molar-refractivity contribution in [2.75, 3.05) is 0 Å². The Morgan fingerprint density at radius 1 is 0.704 bits per heavy atom. The van der Waals surface area contributed by atoms with Gasteiger partial charge in [-0.25, -0.2) is 0 Å². The van der Waals surface area contributed by atoms with Crippen LogP contribution < -0.4 is 0 Å². The number of para-hydroxylation sites is 2. The fourth-order valence-electron chi connectivity index (χ4n) is 4.04. The summed E-state index contributed by atoms with van der Waals surface area (Å²) in [4.78, 5) is 0. The van der Waals surface area contributed by atoms with Crippen LogP contribution in [0.3, 0.4) is 0 Å². The monoisotopic (exact) mass is 411 g/mol. The minimum Gasteiger partial charge on any atom is -0.437 e. The fraction of sp³-hybridized carbons (Fsp3) is 0. The maximum Gasteiger partial charge on any atom is 0.220 e. The number of rotatable bonds is 1. The Morgan fingerprint density at radius 2 is 1.52 bits per heavy atom. The SMILES string of the molecule is Brc1c2cc(-c3cccc4ccccc34)ccc2n2c1oc1ccccc12. The number of nitrogens with zero attached hydrogens (tertiary/aromatic N) is 1. The van der Waals surface area contributed by atoms with E-state index in [9.17, 15) is 0 Å². The van der Waals surface area contributed by atoms with Crippen LogP contribution in [0, 0.1) is 0 Å². The molecule has 0 unspecified atom stereocenters. The molecule has 0 amide bonds. The minimum atomic E-state index is 0.848. The average Bonchev–Trinajstić information content (AvgIpc) is 3.23. The van der Waals surface area contributed by atoms with Gasteiger partial charge in [-0.05, 0) is 62.1 Å². The van der Waals surface area contributed by atoms with Crippen molar-refractivity contribution in [2.24, 2.45) is 0 Å². The van der Waals surface area contributed by atoms with Crippen LogP contribution in [0.2, 0.25) is 0 Å². The van der Waals surface area contributed by atoms with Crippen molar-refractivity contribution in [3.8, 4) is 11.1 Å². The molecule has 0 saturated heterocycles. The summed E-state index contributed by atoms with van der Waals surface area (Å²) < 4.78 is 9.28. The third-order valence-electron chi connectivity index (χ3n) is 5.28. The molecule has 3 heteroatoms. The lowest BCUT2D eigenvalue weighted by Crippen LogP contribution is -1.83. The lowest BCUT2D eigenvalue weighted by Gasteiger charge is -2.07. The molecule has 6 rings (SSSR count). The van der Waals surface area contributed by atoms with Gasteiger partial charge in [0.25, 0.3) is 0 Å². The van der Waals surface area contributed by atoms with Gasteiger partial charge in [0.15, 0.2) is 5.58 Å². The zero-order chi connectivity index (χ0) is 18.0. The Kier molecular flexibility index (Phi) is 3.06. The summed E-state index contributed by atoms with van der Waals surface area (Å²) >= 11 is 3.77. The lowest BCUT2D eigenvalue weighted by atomic mass is 9.97. The van der Waals surface area contributed by atoms with Crippen LogP contribution >= 0.6 is 15.9 Å². The van der Waals surface area contributed by atoms with Gasteiger partial charge >= 0.3 is 0 Å². The largest absolute Gasteiger partial charge is 0.437 e. The van der Waals surface area contributed by atoms with Crippen molar-refractivity contribution in [2.45, 2.75) is 0 Å². The predicted octanol–water partition coefficient (Wildman–Crippen LogP) is 7.42. The van der Waals surface area contributed by atoms with Gasteiger partial charge in [-0.2, -0.15) is 0 Å². The second-order valence-electron chi connectivity index (χ2n) is 6.78. The summed E-state index contributed by atoms with van der Waals surface area (Å²) in [6, 6.07) is 29.8. The van der Waals surface area contributed by atoms with Crippen molar-refractivity contribution >= 4 is 54.4 Å². The quantitative estimate of drug-likeness (QED) is 0.275. The van der Waals surface area contributed by atoms with Crippen LogP contribution in [-0.2, 0) is 0 Å². The van der Waals surface area contributed by atoms with Crippen molar-refractivity contribution in [1.82, 2.24) is 4.40 Å². The molecule has 6 aromatic rings. The number of hydrogen-bond donors (Lipinski definition) is 0. The van der Waals surface area contributed by atoms with E-state index in [1.54, 1.807) is 0 Å². The Morgan fingerprint density at radius 3 is 2.48 bits per heavy atom. The fourth-order valence-corrected chi connectivity index (χ4v) is 4.61. The first kappa shape index (κ1) is 15.1. The zero-order valence-electron chi connectivity index (χ0n) is 14.3. The van der Waals surface area contributed by atoms with Crippen molar-refractivity contribution in [3.63, 3.8) is 0 Å². The molecule has 2 nitrogen and oxygen atoms in total. The number of hydrogen-bond acceptors (Lipinski definition) is 1. The molecule has 128 valence electrons. The van der Waals surface area contributed by atoms with Gasteiger partial charge in [-0.1, -0.05) is 60.7 Å². The summed E-state index contributed by atoms with van der Waals surface area (Å²) in [5, 5.41) is 3.68. The first-order valence-corrected chi connectivity index (χ1v) is 9.70. The van der Waals surface area contributed by atoms with Gasteiger partial charge in [0.2, 0.25) is 5.71 Å². The highest BCUT2D eigenvalue weighted by atomic mass is 79.9. The maximum absolute atomic E-state index is 6.10. The van der Waals surface area contributed by atoms with E-state index in [4.69, 9.17) is 4.42 Å². The molecule has 0 aliphatic rings. The number of fused-ring (bicyclic) bond motifs is 6. The molecule has 2 heterocycles. The van der Waals surface area contributed by atoms with Crippen LogP contribution in [-0.4, -0.2) is 4.40 Å². The molecule has 4 aromatic carbocycles. The van der Waals surface area contributed by atoms with E-state index in [0.717, 1.165) is 32.2 Å². The first-order chi connectivity index (χ1) is 13.3. The maximum atomic E-state index is 6.10.